The van der Waals surface area contributed by atoms with Crippen LogP contribution in [0.15, 0.2) is 12.2 Å². The molecule has 0 radical (unpaired) electrons. The molecule has 0 spiro atoms. The second kappa shape index (κ2) is 8.72. The molecule has 102 valence electrons. The number of rotatable bonds is 8. The Hall–Kier alpha value is -1.32. The van der Waals surface area contributed by atoms with Gasteiger partial charge >= 0.3 is 5.97 Å². The summed E-state index contributed by atoms with van der Waals surface area (Å²) >= 11 is 0. The molecule has 0 unspecified atom stereocenters. The van der Waals surface area contributed by atoms with Gasteiger partial charge < -0.3 is 9.64 Å². The van der Waals surface area contributed by atoms with Gasteiger partial charge in [-0.1, -0.05) is 12.5 Å². The quantitative estimate of drug-likeness (QED) is 0.379. The highest BCUT2D eigenvalue weighted by molar-refractivity contribution is 5.81. The molecule has 0 aromatic carbocycles. The highest BCUT2D eigenvalue weighted by Crippen LogP contribution is 2.11. The smallest absolute Gasteiger partial charge is 0.330 e. The number of allylic oxidation sites excluding steroid dienone is 1. The van der Waals surface area contributed by atoms with Gasteiger partial charge in [-0.3, -0.25) is 4.79 Å². The van der Waals surface area contributed by atoms with E-state index in [1.807, 2.05) is 4.90 Å². The lowest BCUT2D eigenvalue weighted by Crippen LogP contribution is -2.25. The second-order valence-corrected chi connectivity index (χ2v) is 4.57. The number of unbranched alkanes of at least 4 members (excludes halogenated alkanes) is 3. The predicted molar refractivity (Wildman–Crippen MR) is 70.1 cm³/mol. The van der Waals surface area contributed by atoms with Crippen LogP contribution in [-0.2, 0) is 14.3 Å². The summed E-state index contributed by atoms with van der Waals surface area (Å²) in [6, 6.07) is 0. The van der Waals surface area contributed by atoms with E-state index < -0.39 is 0 Å². The number of likely N-dealkylation sites (tertiary alicyclic amines) is 1. The van der Waals surface area contributed by atoms with E-state index in [4.69, 9.17) is 4.74 Å². The van der Waals surface area contributed by atoms with Crippen molar-refractivity contribution >= 4 is 11.9 Å². The Bertz CT molecular complexity index is 299. The first-order chi connectivity index (χ1) is 8.74. The molecule has 4 nitrogen and oxygen atoms in total. The monoisotopic (exact) mass is 253 g/mol. The van der Waals surface area contributed by atoms with E-state index in [1.54, 1.807) is 13.0 Å². The molecule has 0 aromatic heterocycles. The minimum atomic E-state index is -0.264. The van der Waals surface area contributed by atoms with Crippen LogP contribution in [0.5, 0.6) is 0 Å². The van der Waals surface area contributed by atoms with Crippen molar-refractivity contribution in [1.29, 1.82) is 0 Å². The van der Waals surface area contributed by atoms with Gasteiger partial charge in [-0.15, -0.1) is 0 Å². The van der Waals surface area contributed by atoms with Crippen molar-refractivity contribution in [3.8, 4) is 0 Å². The van der Waals surface area contributed by atoms with E-state index in [-0.39, 0.29) is 5.97 Å². The van der Waals surface area contributed by atoms with Crippen molar-refractivity contribution in [2.45, 2.75) is 45.4 Å². The fourth-order valence-corrected chi connectivity index (χ4v) is 2.06. The molecule has 4 heteroatoms. The van der Waals surface area contributed by atoms with Gasteiger partial charge in [0, 0.05) is 25.6 Å². The SMILES string of the molecule is C/C=C\C(=O)OCCCCCCN1CCCC1=O. The zero-order valence-corrected chi connectivity index (χ0v) is 11.2. The molecule has 1 aliphatic rings. The third kappa shape index (κ3) is 5.84. The summed E-state index contributed by atoms with van der Waals surface area (Å²) < 4.78 is 4.99. The molecule has 1 rings (SSSR count). The van der Waals surface area contributed by atoms with Gasteiger partial charge in [0.05, 0.1) is 6.61 Å². The summed E-state index contributed by atoms with van der Waals surface area (Å²) in [5, 5.41) is 0. The van der Waals surface area contributed by atoms with E-state index in [0.717, 1.165) is 51.6 Å². The number of carbonyl (C=O) groups excluding carboxylic acids is 2. The van der Waals surface area contributed by atoms with Crippen LogP contribution in [0.3, 0.4) is 0 Å². The minimum absolute atomic E-state index is 0.264. The maximum absolute atomic E-state index is 11.3. The van der Waals surface area contributed by atoms with Gasteiger partial charge in [0.15, 0.2) is 0 Å². The fraction of sp³-hybridized carbons (Fsp3) is 0.714. The van der Waals surface area contributed by atoms with Gasteiger partial charge in [-0.05, 0) is 32.6 Å². The highest BCUT2D eigenvalue weighted by Gasteiger charge is 2.18. The van der Waals surface area contributed by atoms with Crippen molar-refractivity contribution in [2.75, 3.05) is 19.7 Å². The summed E-state index contributed by atoms with van der Waals surface area (Å²) in [5.74, 6) is 0.0375. The molecule has 1 fully saturated rings. The van der Waals surface area contributed by atoms with Crippen LogP contribution in [0, 0.1) is 0 Å². The lowest BCUT2D eigenvalue weighted by molar-refractivity contribution is -0.138. The predicted octanol–water partition coefficient (Wildman–Crippen LogP) is 2.29. The molecule has 0 aliphatic carbocycles. The van der Waals surface area contributed by atoms with Crippen molar-refractivity contribution in [1.82, 2.24) is 4.90 Å². The Labute approximate surface area is 109 Å². The van der Waals surface area contributed by atoms with E-state index in [0.29, 0.717) is 12.5 Å². The summed E-state index contributed by atoms with van der Waals surface area (Å²) in [6.07, 6.45) is 8.93. The second-order valence-electron chi connectivity index (χ2n) is 4.57. The summed E-state index contributed by atoms with van der Waals surface area (Å²) in [4.78, 5) is 24.3. The number of esters is 1. The fourth-order valence-electron chi connectivity index (χ4n) is 2.06. The third-order valence-electron chi connectivity index (χ3n) is 3.04. The van der Waals surface area contributed by atoms with Crippen LogP contribution in [0.25, 0.3) is 0 Å². The largest absolute Gasteiger partial charge is 0.463 e. The van der Waals surface area contributed by atoms with E-state index in [1.165, 1.54) is 6.08 Å². The highest BCUT2D eigenvalue weighted by atomic mass is 16.5. The summed E-state index contributed by atoms with van der Waals surface area (Å²) in [6.45, 7) is 4.10. The van der Waals surface area contributed by atoms with E-state index in [2.05, 4.69) is 0 Å². The Morgan fingerprint density at radius 1 is 1.33 bits per heavy atom. The van der Waals surface area contributed by atoms with Gasteiger partial charge in [0.1, 0.15) is 0 Å². The van der Waals surface area contributed by atoms with E-state index >= 15 is 0 Å². The first-order valence-corrected chi connectivity index (χ1v) is 6.81. The third-order valence-corrected chi connectivity index (χ3v) is 3.04. The molecule has 1 aliphatic heterocycles. The number of ether oxygens (including phenoxy) is 1. The number of amides is 1. The van der Waals surface area contributed by atoms with Gasteiger partial charge in [-0.25, -0.2) is 4.79 Å². The molecule has 0 bridgehead atoms. The zero-order chi connectivity index (χ0) is 13.2. The molecule has 1 saturated heterocycles. The summed E-state index contributed by atoms with van der Waals surface area (Å²) in [5.41, 5.74) is 0. The van der Waals surface area contributed by atoms with Crippen LogP contribution in [0.4, 0.5) is 0 Å². The van der Waals surface area contributed by atoms with Crippen LogP contribution < -0.4 is 0 Å². The molecule has 0 saturated carbocycles. The number of hydrogen-bond acceptors (Lipinski definition) is 3. The molecule has 0 atom stereocenters. The zero-order valence-electron chi connectivity index (χ0n) is 11.2. The van der Waals surface area contributed by atoms with Gasteiger partial charge in [-0.2, -0.15) is 0 Å². The number of carbonyl (C=O) groups is 2. The molecular weight excluding hydrogens is 230 g/mol. The Morgan fingerprint density at radius 2 is 2.11 bits per heavy atom. The normalized spacial score (nSPS) is 15.6. The molecule has 18 heavy (non-hydrogen) atoms. The molecule has 1 amide bonds. The maximum atomic E-state index is 11.3. The van der Waals surface area contributed by atoms with Crippen LogP contribution in [-0.4, -0.2) is 36.5 Å². The standard InChI is InChI=1S/C14H23NO3/c1-2-8-14(17)18-12-6-4-3-5-10-15-11-7-9-13(15)16/h2,8H,3-7,9-12H2,1H3/b8-2-. The lowest BCUT2D eigenvalue weighted by Gasteiger charge is -2.14. The van der Waals surface area contributed by atoms with Crippen molar-refractivity contribution in [2.24, 2.45) is 0 Å². The first kappa shape index (κ1) is 14.7. The Kier molecular flexibility index (Phi) is 7.14. The van der Waals surface area contributed by atoms with Crippen molar-refractivity contribution in [3.05, 3.63) is 12.2 Å². The molecule has 1 heterocycles. The average Bonchev–Trinajstić information content (AvgIpc) is 2.74. The number of nitrogens with zero attached hydrogens (tertiary/aromatic N) is 1. The lowest BCUT2D eigenvalue weighted by atomic mass is 10.2. The van der Waals surface area contributed by atoms with Crippen LogP contribution in [0.1, 0.15) is 45.4 Å². The minimum Gasteiger partial charge on any atom is -0.463 e. The van der Waals surface area contributed by atoms with Gasteiger partial charge in [0.25, 0.3) is 0 Å². The molecular formula is C14H23NO3. The van der Waals surface area contributed by atoms with Crippen molar-refractivity contribution in [3.63, 3.8) is 0 Å². The van der Waals surface area contributed by atoms with Crippen LogP contribution >= 0.6 is 0 Å². The van der Waals surface area contributed by atoms with Crippen LogP contribution in [0.2, 0.25) is 0 Å². The van der Waals surface area contributed by atoms with Crippen molar-refractivity contribution < 1.29 is 14.3 Å². The molecule has 0 aromatic rings. The first-order valence-electron chi connectivity index (χ1n) is 6.81. The maximum Gasteiger partial charge on any atom is 0.330 e. The van der Waals surface area contributed by atoms with E-state index in [9.17, 15) is 9.59 Å². The Balaban J connectivity index is 1.90. The van der Waals surface area contributed by atoms with Gasteiger partial charge in [0.2, 0.25) is 5.91 Å². The molecule has 0 N–H and O–H groups in total. The average molecular weight is 253 g/mol. The number of hydrogen-bond donors (Lipinski definition) is 0. The Morgan fingerprint density at radius 3 is 2.78 bits per heavy atom. The summed E-state index contributed by atoms with van der Waals surface area (Å²) in [7, 11) is 0. The topological polar surface area (TPSA) is 46.6 Å².